The monoisotopic (exact) mass is 291 g/mol. The van der Waals surface area contributed by atoms with E-state index in [1.807, 2.05) is 11.4 Å². The molecule has 1 atom stereocenters. The molecule has 0 saturated carbocycles. The van der Waals surface area contributed by atoms with Crippen LogP contribution in [0.15, 0.2) is 29.8 Å². The first-order valence-electron chi connectivity index (χ1n) is 6.40. The molecule has 2 aromatic heterocycles. The van der Waals surface area contributed by atoms with E-state index in [2.05, 4.69) is 30.2 Å². The molecule has 0 radical (unpaired) electrons. The van der Waals surface area contributed by atoms with Crippen molar-refractivity contribution in [2.75, 3.05) is 5.32 Å². The van der Waals surface area contributed by atoms with E-state index in [-0.39, 0.29) is 11.7 Å². The van der Waals surface area contributed by atoms with Crippen molar-refractivity contribution < 1.29 is 4.92 Å². The van der Waals surface area contributed by atoms with Gasteiger partial charge >= 0.3 is 0 Å². The zero-order valence-electron chi connectivity index (χ0n) is 11.7. The van der Waals surface area contributed by atoms with Gasteiger partial charge in [-0.3, -0.25) is 10.1 Å². The summed E-state index contributed by atoms with van der Waals surface area (Å²) in [4.78, 5) is 15.8. The Bertz CT molecular complexity index is 596. The summed E-state index contributed by atoms with van der Waals surface area (Å²) in [6.07, 6.45) is 1.31. The van der Waals surface area contributed by atoms with Gasteiger partial charge in [-0.2, -0.15) is 0 Å². The van der Waals surface area contributed by atoms with E-state index in [1.165, 1.54) is 11.1 Å². The summed E-state index contributed by atoms with van der Waals surface area (Å²) < 4.78 is 0. The minimum Gasteiger partial charge on any atom is -0.362 e. The van der Waals surface area contributed by atoms with Crippen LogP contribution in [0.4, 0.5) is 11.5 Å². The third-order valence-corrected chi connectivity index (χ3v) is 4.06. The molecule has 1 N–H and O–H groups in total. The number of nitro groups is 1. The van der Waals surface area contributed by atoms with Crippen molar-refractivity contribution in [1.29, 1.82) is 0 Å². The molecular weight excluding hydrogens is 274 g/mol. The molecule has 0 aromatic carbocycles. The van der Waals surface area contributed by atoms with Gasteiger partial charge < -0.3 is 5.32 Å². The van der Waals surface area contributed by atoms with Gasteiger partial charge in [-0.25, -0.2) is 4.98 Å². The molecule has 2 heterocycles. The summed E-state index contributed by atoms with van der Waals surface area (Å²) in [5.41, 5.74) is 0.661. The number of pyridine rings is 1. The summed E-state index contributed by atoms with van der Waals surface area (Å²) in [5, 5.41) is 16.2. The number of thiophene rings is 1. The van der Waals surface area contributed by atoms with Gasteiger partial charge in [0, 0.05) is 10.4 Å². The lowest BCUT2D eigenvalue weighted by atomic mass is 10.0. The Hall–Kier alpha value is -1.95. The molecule has 20 heavy (non-hydrogen) atoms. The number of anilines is 1. The fourth-order valence-corrected chi connectivity index (χ4v) is 2.96. The first-order chi connectivity index (χ1) is 9.49. The van der Waals surface area contributed by atoms with Crippen molar-refractivity contribution in [3.8, 4) is 0 Å². The highest BCUT2D eigenvalue weighted by molar-refractivity contribution is 7.10. The standard InChI is InChI=1S/C14H17N3O2S/c1-9(2)14(12-5-4-6-20-12)16-13-7-10(3)11(8-15-13)17(18)19/h4-9,14H,1-3H3,(H,15,16). The van der Waals surface area contributed by atoms with Crippen LogP contribution in [0.1, 0.15) is 30.3 Å². The zero-order chi connectivity index (χ0) is 14.7. The van der Waals surface area contributed by atoms with Crippen molar-refractivity contribution in [1.82, 2.24) is 4.98 Å². The predicted octanol–water partition coefficient (Wildman–Crippen LogP) is 4.17. The van der Waals surface area contributed by atoms with Gasteiger partial charge in [-0.15, -0.1) is 11.3 Å². The van der Waals surface area contributed by atoms with Gasteiger partial charge in [0.25, 0.3) is 5.69 Å². The number of hydrogen-bond acceptors (Lipinski definition) is 5. The first-order valence-corrected chi connectivity index (χ1v) is 7.28. The number of aryl methyl sites for hydroxylation is 1. The summed E-state index contributed by atoms with van der Waals surface area (Å²) >= 11 is 1.69. The smallest absolute Gasteiger partial charge is 0.290 e. The molecule has 0 spiro atoms. The minimum atomic E-state index is -0.411. The number of nitrogens with one attached hydrogen (secondary N) is 1. The summed E-state index contributed by atoms with van der Waals surface area (Å²) in [6.45, 7) is 5.99. The first kappa shape index (κ1) is 14.5. The van der Waals surface area contributed by atoms with Crippen LogP contribution in [0.5, 0.6) is 0 Å². The number of nitrogens with zero attached hydrogens (tertiary/aromatic N) is 2. The molecule has 1 unspecified atom stereocenters. The highest BCUT2D eigenvalue weighted by atomic mass is 32.1. The molecule has 106 valence electrons. The van der Waals surface area contributed by atoms with Gasteiger partial charge in [0.1, 0.15) is 12.0 Å². The highest BCUT2D eigenvalue weighted by Crippen LogP contribution is 2.30. The Labute approximate surface area is 121 Å². The maximum absolute atomic E-state index is 10.8. The van der Waals surface area contributed by atoms with Gasteiger partial charge in [-0.1, -0.05) is 19.9 Å². The maximum atomic E-state index is 10.8. The molecule has 0 aliphatic carbocycles. The van der Waals surface area contributed by atoms with E-state index < -0.39 is 4.92 Å². The Morgan fingerprint density at radius 2 is 2.20 bits per heavy atom. The van der Waals surface area contributed by atoms with E-state index in [4.69, 9.17) is 0 Å². The van der Waals surface area contributed by atoms with Crippen molar-refractivity contribution in [2.24, 2.45) is 5.92 Å². The highest BCUT2D eigenvalue weighted by Gasteiger charge is 2.18. The second kappa shape index (κ2) is 6.00. The quantitative estimate of drug-likeness (QED) is 0.663. The molecule has 5 nitrogen and oxygen atoms in total. The zero-order valence-corrected chi connectivity index (χ0v) is 12.5. The van der Waals surface area contributed by atoms with Gasteiger partial charge in [-0.05, 0) is 30.4 Å². The molecule has 0 amide bonds. The Morgan fingerprint density at radius 1 is 1.45 bits per heavy atom. The molecular formula is C14H17N3O2S. The molecule has 0 aliphatic rings. The molecule has 0 bridgehead atoms. The average molecular weight is 291 g/mol. The fraction of sp³-hybridized carbons (Fsp3) is 0.357. The van der Waals surface area contributed by atoms with Gasteiger partial charge in [0.2, 0.25) is 0 Å². The normalized spacial score (nSPS) is 12.4. The third-order valence-electron chi connectivity index (χ3n) is 3.10. The van der Waals surface area contributed by atoms with Crippen LogP contribution in [0.2, 0.25) is 0 Å². The van der Waals surface area contributed by atoms with Crippen LogP contribution < -0.4 is 5.32 Å². The average Bonchev–Trinajstić information content (AvgIpc) is 2.88. The van der Waals surface area contributed by atoms with Crippen LogP contribution in [0.25, 0.3) is 0 Å². The van der Waals surface area contributed by atoms with E-state index in [0.29, 0.717) is 17.3 Å². The Kier molecular flexibility index (Phi) is 4.34. The summed E-state index contributed by atoms with van der Waals surface area (Å²) in [5.74, 6) is 1.06. The van der Waals surface area contributed by atoms with Crippen molar-refractivity contribution in [3.63, 3.8) is 0 Å². The van der Waals surface area contributed by atoms with E-state index in [0.717, 1.165) is 0 Å². The second-order valence-corrected chi connectivity index (χ2v) is 5.97. The summed E-state index contributed by atoms with van der Waals surface area (Å²) in [7, 11) is 0. The minimum absolute atomic E-state index is 0.0489. The van der Waals surface area contributed by atoms with Crippen LogP contribution in [-0.2, 0) is 0 Å². The molecule has 2 rings (SSSR count). The SMILES string of the molecule is Cc1cc(NC(c2cccs2)C(C)C)ncc1[N+](=O)[O-]. The van der Waals surface area contributed by atoms with E-state index in [1.54, 1.807) is 24.3 Å². The third kappa shape index (κ3) is 3.14. The lowest BCUT2D eigenvalue weighted by Crippen LogP contribution is -2.16. The lowest BCUT2D eigenvalue weighted by Gasteiger charge is -2.22. The van der Waals surface area contributed by atoms with Gasteiger partial charge in [0.15, 0.2) is 0 Å². The van der Waals surface area contributed by atoms with Crippen molar-refractivity contribution in [3.05, 3.63) is 50.3 Å². The molecule has 0 aliphatic heterocycles. The molecule has 2 aromatic rings. The largest absolute Gasteiger partial charge is 0.362 e. The Balaban J connectivity index is 2.24. The molecule has 6 heteroatoms. The topological polar surface area (TPSA) is 68.1 Å². The van der Waals surface area contributed by atoms with E-state index >= 15 is 0 Å². The van der Waals surface area contributed by atoms with Crippen LogP contribution >= 0.6 is 11.3 Å². The molecule has 0 fully saturated rings. The molecule has 0 saturated heterocycles. The van der Waals surface area contributed by atoms with Crippen molar-refractivity contribution >= 4 is 22.8 Å². The lowest BCUT2D eigenvalue weighted by molar-refractivity contribution is -0.385. The number of aromatic nitrogens is 1. The predicted molar refractivity (Wildman–Crippen MR) is 81.1 cm³/mol. The van der Waals surface area contributed by atoms with Crippen LogP contribution in [0, 0.1) is 23.0 Å². The number of hydrogen-bond donors (Lipinski definition) is 1. The van der Waals surface area contributed by atoms with Crippen LogP contribution in [-0.4, -0.2) is 9.91 Å². The van der Waals surface area contributed by atoms with E-state index in [9.17, 15) is 10.1 Å². The second-order valence-electron chi connectivity index (χ2n) is 4.99. The van der Waals surface area contributed by atoms with Crippen LogP contribution in [0.3, 0.4) is 0 Å². The maximum Gasteiger partial charge on any atom is 0.290 e. The summed E-state index contributed by atoms with van der Waals surface area (Å²) in [6, 6.07) is 5.98. The van der Waals surface area contributed by atoms with Gasteiger partial charge in [0.05, 0.1) is 11.0 Å². The Morgan fingerprint density at radius 3 is 2.70 bits per heavy atom. The number of rotatable bonds is 5. The van der Waals surface area contributed by atoms with Crippen molar-refractivity contribution in [2.45, 2.75) is 26.8 Å². The fourth-order valence-electron chi connectivity index (χ4n) is 2.01.